The van der Waals surface area contributed by atoms with E-state index in [0.29, 0.717) is 53.8 Å². The van der Waals surface area contributed by atoms with E-state index in [0.717, 1.165) is 38.5 Å². The monoisotopic (exact) mass is 520 g/mol. The van der Waals surface area contributed by atoms with Crippen molar-refractivity contribution in [3.8, 4) is 17.1 Å². The van der Waals surface area contributed by atoms with Crippen molar-refractivity contribution in [1.82, 2.24) is 29.0 Å². The highest BCUT2D eigenvalue weighted by molar-refractivity contribution is 7.87. The van der Waals surface area contributed by atoms with Crippen LogP contribution in [0.5, 0.6) is 5.75 Å². The third-order valence-electron chi connectivity index (χ3n) is 7.31. The van der Waals surface area contributed by atoms with Crippen molar-refractivity contribution in [2.75, 3.05) is 13.6 Å². The molecule has 0 spiro atoms. The molecule has 2 aromatic heterocycles. The number of aromatic nitrogens is 4. The van der Waals surface area contributed by atoms with Crippen molar-refractivity contribution in [3.63, 3.8) is 0 Å². The summed E-state index contributed by atoms with van der Waals surface area (Å²) in [5, 5.41) is 17.6. The molecule has 198 valence electrons. The lowest BCUT2D eigenvalue weighted by Crippen LogP contribution is -2.40. The second-order valence-electron chi connectivity index (χ2n) is 9.99. The van der Waals surface area contributed by atoms with Crippen LogP contribution in [0.4, 0.5) is 0 Å². The molecule has 12 heteroatoms. The minimum absolute atomic E-state index is 0.0355. The molecule has 2 aromatic rings. The van der Waals surface area contributed by atoms with E-state index in [1.54, 1.807) is 30.9 Å². The van der Waals surface area contributed by atoms with Gasteiger partial charge in [-0.15, -0.1) is 5.10 Å². The maximum absolute atomic E-state index is 12.8. The van der Waals surface area contributed by atoms with Crippen LogP contribution in [0.2, 0.25) is 0 Å². The van der Waals surface area contributed by atoms with Gasteiger partial charge < -0.3 is 9.84 Å². The highest BCUT2D eigenvalue weighted by Crippen LogP contribution is 2.30. The smallest absolute Gasteiger partial charge is 0.306 e. The first-order valence-corrected chi connectivity index (χ1v) is 14.0. The third-order valence-corrected chi connectivity index (χ3v) is 8.79. The van der Waals surface area contributed by atoms with Gasteiger partial charge in [0.2, 0.25) is 0 Å². The van der Waals surface area contributed by atoms with E-state index < -0.39 is 16.2 Å². The van der Waals surface area contributed by atoms with Gasteiger partial charge in [0.15, 0.2) is 0 Å². The summed E-state index contributed by atoms with van der Waals surface area (Å²) in [5.74, 6) is -0.130. The summed E-state index contributed by atoms with van der Waals surface area (Å²) in [6.45, 7) is 2.38. The van der Waals surface area contributed by atoms with Gasteiger partial charge >= 0.3 is 5.97 Å². The lowest BCUT2D eigenvalue weighted by atomic mass is 9.87. The highest BCUT2D eigenvalue weighted by Gasteiger charge is 2.29. The lowest BCUT2D eigenvalue weighted by molar-refractivity contribution is -0.143. The van der Waals surface area contributed by atoms with Gasteiger partial charge in [0.05, 0.1) is 35.6 Å². The molecule has 2 aliphatic rings. The molecule has 2 atom stereocenters. The first-order valence-electron chi connectivity index (χ1n) is 12.6. The van der Waals surface area contributed by atoms with Gasteiger partial charge in [0.25, 0.3) is 10.2 Å². The molecule has 36 heavy (non-hydrogen) atoms. The lowest BCUT2D eigenvalue weighted by Gasteiger charge is -2.27. The zero-order chi connectivity index (χ0) is 25.9. The number of aryl methyl sites for hydroxylation is 2. The van der Waals surface area contributed by atoms with E-state index >= 15 is 0 Å². The van der Waals surface area contributed by atoms with Crippen LogP contribution in [0.25, 0.3) is 11.4 Å². The summed E-state index contributed by atoms with van der Waals surface area (Å²) in [4.78, 5) is 16.0. The Morgan fingerprint density at radius 2 is 1.97 bits per heavy atom. The summed E-state index contributed by atoms with van der Waals surface area (Å²) >= 11 is 0. The van der Waals surface area contributed by atoms with E-state index in [2.05, 4.69) is 20.0 Å². The van der Waals surface area contributed by atoms with E-state index in [9.17, 15) is 18.3 Å². The molecule has 1 unspecified atom stereocenters. The number of nitrogens with one attached hydrogen (secondary N) is 1. The average Bonchev–Trinajstić information content (AvgIpc) is 3.48. The number of pyridine rings is 1. The van der Waals surface area contributed by atoms with E-state index in [4.69, 9.17) is 4.74 Å². The molecule has 2 heterocycles. The Bertz CT molecular complexity index is 1180. The van der Waals surface area contributed by atoms with Crippen LogP contribution in [-0.4, -0.2) is 63.5 Å². The number of nitrogens with zero attached hydrogens (tertiary/aromatic N) is 5. The summed E-state index contributed by atoms with van der Waals surface area (Å²) < 4.78 is 37.4. The van der Waals surface area contributed by atoms with Crippen LogP contribution in [0, 0.1) is 18.8 Å². The van der Waals surface area contributed by atoms with E-state index in [1.165, 1.54) is 4.31 Å². The van der Waals surface area contributed by atoms with Crippen LogP contribution in [0.1, 0.15) is 62.8 Å². The number of carboxylic acids is 1. The van der Waals surface area contributed by atoms with Gasteiger partial charge in [0.1, 0.15) is 11.4 Å². The standard InChI is InChI=1S/C24H36N6O5S/c1-16-22(35-19-10-6-9-18(13-19)24(31)32)12-11-20(26-16)23-21(30(3)28-27-23)14-25-36(33,34)29(2)15-17-7-4-5-8-17/h11-12,17-19,25H,4-10,13-15H2,1-3H3,(H,31,32)/t18-,19?/m0/s1. The summed E-state index contributed by atoms with van der Waals surface area (Å²) in [6, 6.07) is 3.58. The number of carbonyl (C=O) groups is 1. The second-order valence-corrected chi connectivity index (χ2v) is 11.8. The van der Waals surface area contributed by atoms with Crippen LogP contribution in [-0.2, 0) is 28.6 Å². The number of ether oxygens (including phenoxy) is 1. The summed E-state index contributed by atoms with van der Waals surface area (Å²) in [6.07, 6.45) is 7.11. The normalized spacial score (nSPS) is 21.2. The minimum atomic E-state index is -3.65. The van der Waals surface area contributed by atoms with Gasteiger partial charge in [0, 0.05) is 20.6 Å². The molecule has 0 radical (unpaired) electrons. The number of aliphatic carboxylic acids is 1. The molecule has 0 aromatic carbocycles. The molecule has 11 nitrogen and oxygen atoms in total. The fraction of sp³-hybridized carbons (Fsp3) is 0.667. The largest absolute Gasteiger partial charge is 0.489 e. The third kappa shape index (κ3) is 6.22. The van der Waals surface area contributed by atoms with Crippen molar-refractivity contribution in [1.29, 1.82) is 0 Å². The van der Waals surface area contributed by atoms with Crippen molar-refractivity contribution < 1.29 is 23.1 Å². The molecule has 4 rings (SSSR count). The van der Waals surface area contributed by atoms with E-state index in [1.807, 2.05) is 6.92 Å². The Kier molecular flexibility index (Phi) is 8.26. The predicted molar refractivity (Wildman–Crippen MR) is 133 cm³/mol. The molecule has 0 amide bonds. The molecule has 2 fully saturated rings. The maximum atomic E-state index is 12.8. The van der Waals surface area contributed by atoms with Crippen LogP contribution < -0.4 is 9.46 Å². The molecular weight excluding hydrogens is 484 g/mol. The van der Waals surface area contributed by atoms with E-state index in [-0.39, 0.29) is 18.6 Å². The highest BCUT2D eigenvalue weighted by atomic mass is 32.2. The Hall–Kier alpha value is -2.57. The summed E-state index contributed by atoms with van der Waals surface area (Å²) in [5.41, 5.74) is 2.31. The molecule has 2 saturated carbocycles. The zero-order valence-corrected chi connectivity index (χ0v) is 22.0. The molecular formula is C24H36N6O5S. The predicted octanol–water partition coefficient (Wildman–Crippen LogP) is 2.66. The number of hydrogen-bond acceptors (Lipinski definition) is 7. The van der Waals surface area contributed by atoms with Crippen molar-refractivity contribution in [2.45, 2.75) is 70.9 Å². The fourth-order valence-corrected chi connectivity index (χ4v) is 6.11. The maximum Gasteiger partial charge on any atom is 0.306 e. The Balaban J connectivity index is 1.43. The van der Waals surface area contributed by atoms with Gasteiger partial charge in [-0.2, -0.15) is 17.4 Å². The van der Waals surface area contributed by atoms with Crippen molar-refractivity contribution in [2.24, 2.45) is 18.9 Å². The van der Waals surface area contributed by atoms with Crippen molar-refractivity contribution >= 4 is 16.2 Å². The molecule has 0 saturated heterocycles. The fourth-order valence-electron chi connectivity index (χ4n) is 5.16. The van der Waals surface area contributed by atoms with Gasteiger partial charge in [-0.05, 0) is 63.5 Å². The molecule has 2 N–H and O–H groups in total. The first kappa shape index (κ1) is 26.5. The SMILES string of the molecule is Cc1nc(-c2nnn(C)c2CNS(=O)(=O)N(C)CC2CCCC2)ccc1OC1CCC[C@H](C(=O)O)C1. The zero-order valence-electron chi connectivity index (χ0n) is 21.2. The van der Waals surface area contributed by atoms with Crippen LogP contribution in [0.15, 0.2) is 12.1 Å². The topological polar surface area (TPSA) is 140 Å². The van der Waals surface area contributed by atoms with Crippen LogP contribution >= 0.6 is 0 Å². The average molecular weight is 521 g/mol. The second kappa shape index (κ2) is 11.2. The van der Waals surface area contributed by atoms with Gasteiger partial charge in [-0.1, -0.05) is 18.1 Å². The Morgan fingerprint density at radius 1 is 1.22 bits per heavy atom. The minimum Gasteiger partial charge on any atom is -0.489 e. The quantitative estimate of drug-likeness (QED) is 0.487. The first-order chi connectivity index (χ1) is 17.1. The molecule has 0 bridgehead atoms. The number of carboxylic acid groups (broad SMARTS) is 1. The Labute approximate surface area is 212 Å². The number of rotatable bonds is 10. The molecule has 2 aliphatic carbocycles. The molecule has 0 aliphatic heterocycles. The summed E-state index contributed by atoms with van der Waals surface area (Å²) in [7, 11) is -0.324. The van der Waals surface area contributed by atoms with Crippen molar-refractivity contribution in [3.05, 3.63) is 23.5 Å². The van der Waals surface area contributed by atoms with Gasteiger partial charge in [-0.3, -0.25) is 9.48 Å². The van der Waals surface area contributed by atoms with Gasteiger partial charge in [-0.25, -0.2) is 4.98 Å². The van der Waals surface area contributed by atoms with Crippen LogP contribution in [0.3, 0.4) is 0 Å². The Morgan fingerprint density at radius 3 is 2.67 bits per heavy atom. The number of hydrogen-bond donors (Lipinski definition) is 2.